The van der Waals surface area contributed by atoms with Gasteiger partial charge in [0.1, 0.15) is 0 Å². The molecule has 1 aliphatic rings. The van der Waals surface area contributed by atoms with Crippen molar-refractivity contribution in [3.8, 4) is 0 Å². The van der Waals surface area contributed by atoms with Gasteiger partial charge in [-0.3, -0.25) is 9.59 Å². The van der Waals surface area contributed by atoms with Crippen LogP contribution in [-0.2, 0) is 9.59 Å². The molecule has 4 heteroatoms. The first kappa shape index (κ1) is 13.0. The number of carbonyl (C=O) groups excluding carboxylic acids is 1. The minimum absolute atomic E-state index is 0.174. The third-order valence-electron chi connectivity index (χ3n) is 2.99. The second-order valence-electron chi connectivity index (χ2n) is 4.40. The van der Waals surface area contributed by atoms with Gasteiger partial charge in [-0.15, -0.1) is 0 Å². The van der Waals surface area contributed by atoms with Gasteiger partial charge >= 0.3 is 5.97 Å². The molecule has 0 saturated carbocycles. The molecular formula is C12H21NO3. The molecule has 1 aliphatic heterocycles. The number of amides is 1. The van der Waals surface area contributed by atoms with Crippen molar-refractivity contribution in [3.63, 3.8) is 0 Å². The van der Waals surface area contributed by atoms with Gasteiger partial charge in [-0.05, 0) is 25.7 Å². The summed E-state index contributed by atoms with van der Waals surface area (Å²) in [6, 6.07) is 0. The predicted molar refractivity (Wildman–Crippen MR) is 61.2 cm³/mol. The first-order valence-electron chi connectivity index (χ1n) is 6.20. The summed E-state index contributed by atoms with van der Waals surface area (Å²) in [7, 11) is 0. The summed E-state index contributed by atoms with van der Waals surface area (Å²) in [6.45, 7) is 1.77. The van der Waals surface area contributed by atoms with Gasteiger partial charge in [0, 0.05) is 25.9 Å². The average Bonchev–Trinajstić information content (AvgIpc) is 2.52. The molecule has 1 heterocycles. The fourth-order valence-corrected chi connectivity index (χ4v) is 2.03. The van der Waals surface area contributed by atoms with Crippen molar-refractivity contribution in [1.29, 1.82) is 0 Å². The van der Waals surface area contributed by atoms with Gasteiger partial charge in [0.25, 0.3) is 0 Å². The predicted octanol–water partition coefficient (Wildman–Crippen LogP) is 2.03. The molecule has 0 aliphatic carbocycles. The van der Waals surface area contributed by atoms with Gasteiger partial charge in [0.2, 0.25) is 5.91 Å². The van der Waals surface area contributed by atoms with Gasteiger partial charge in [-0.25, -0.2) is 0 Å². The summed E-state index contributed by atoms with van der Waals surface area (Å²) in [5.74, 6) is -0.575. The SMILES string of the molecule is O=C(O)CCCCC(=O)N1CCCCCC1. The van der Waals surface area contributed by atoms with Crippen LogP contribution >= 0.6 is 0 Å². The topological polar surface area (TPSA) is 57.6 Å². The molecule has 1 fully saturated rings. The van der Waals surface area contributed by atoms with E-state index in [9.17, 15) is 9.59 Å². The summed E-state index contributed by atoms with van der Waals surface area (Å²) in [4.78, 5) is 24.0. The van der Waals surface area contributed by atoms with Crippen LogP contribution in [0.15, 0.2) is 0 Å². The normalized spacial score (nSPS) is 16.9. The van der Waals surface area contributed by atoms with E-state index in [4.69, 9.17) is 5.11 Å². The highest BCUT2D eigenvalue weighted by Gasteiger charge is 2.14. The molecular weight excluding hydrogens is 206 g/mol. The Kier molecular flexibility index (Phi) is 5.90. The maximum atomic E-state index is 11.8. The zero-order valence-electron chi connectivity index (χ0n) is 9.78. The molecule has 1 rings (SSSR count). The molecule has 0 aromatic rings. The van der Waals surface area contributed by atoms with E-state index in [0.717, 1.165) is 25.9 Å². The minimum atomic E-state index is -0.776. The number of carboxylic acids is 1. The van der Waals surface area contributed by atoms with Gasteiger partial charge in [-0.1, -0.05) is 12.8 Å². The van der Waals surface area contributed by atoms with Crippen LogP contribution in [0.2, 0.25) is 0 Å². The number of aliphatic carboxylic acids is 1. The molecule has 16 heavy (non-hydrogen) atoms. The number of hydrogen-bond acceptors (Lipinski definition) is 2. The molecule has 4 nitrogen and oxygen atoms in total. The second-order valence-corrected chi connectivity index (χ2v) is 4.40. The molecule has 0 spiro atoms. The van der Waals surface area contributed by atoms with Crippen LogP contribution in [0.5, 0.6) is 0 Å². The van der Waals surface area contributed by atoms with Crippen molar-refractivity contribution >= 4 is 11.9 Å². The van der Waals surface area contributed by atoms with E-state index in [1.165, 1.54) is 12.8 Å². The summed E-state index contributed by atoms with van der Waals surface area (Å²) in [6.07, 6.45) is 6.66. The summed E-state index contributed by atoms with van der Waals surface area (Å²) in [5, 5.41) is 8.47. The highest BCUT2D eigenvalue weighted by Crippen LogP contribution is 2.12. The fraction of sp³-hybridized carbons (Fsp3) is 0.833. The van der Waals surface area contributed by atoms with Crippen LogP contribution in [0, 0.1) is 0 Å². The Labute approximate surface area is 96.6 Å². The number of nitrogens with zero attached hydrogens (tertiary/aromatic N) is 1. The summed E-state index contributed by atoms with van der Waals surface area (Å²) >= 11 is 0. The van der Waals surface area contributed by atoms with E-state index in [2.05, 4.69) is 0 Å². The van der Waals surface area contributed by atoms with Crippen molar-refractivity contribution in [1.82, 2.24) is 4.90 Å². The Morgan fingerprint density at radius 1 is 0.938 bits per heavy atom. The highest BCUT2D eigenvalue weighted by atomic mass is 16.4. The number of likely N-dealkylation sites (tertiary alicyclic amines) is 1. The van der Waals surface area contributed by atoms with E-state index >= 15 is 0 Å². The molecule has 1 saturated heterocycles. The third-order valence-corrected chi connectivity index (χ3v) is 2.99. The Bertz CT molecular complexity index is 232. The van der Waals surface area contributed by atoms with Gasteiger partial charge < -0.3 is 10.0 Å². The van der Waals surface area contributed by atoms with Crippen LogP contribution in [0.3, 0.4) is 0 Å². The van der Waals surface area contributed by atoms with Gasteiger partial charge in [-0.2, -0.15) is 0 Å². The quantitative estimate of drug-likeness (QED) is 0.731. The van der Waals surface area contributed by atoms with Crippen LogP contribution in [-0.4, -0.2) is 35.0 Å². The molecule has 0 aromatic heterocycles. The first-order chi connectivity index (χ1) is 7.70. The standard InChI is InChI=1S/C12H21NO3/c14-11(7-3-4-8-12(15)16)13-9-5-1-2-6-10-13/h1-10H2,(H,15,16). The van der Waals surface area contributed by atoms with E-state index in [1.54, 1.807) is 0 Å². The van der Waals surface area contributed by atoms with Crippen molar-refractivity contribution in [3.05, 3.63) is 0 Å². The lowest BCUT2D eigenvalue weighted by Gasteiger charge is -2.20. The smallest absolute Gasteiger partial charge is 0.303 e. The monoisotopic (exact) mass is 227 g/mol. The molecule has 0 unspecified atom stereocenters. The van der Waals surface area contributed by atoms with Crippen LogP contribution < -0.4 is 0 Å². The average molecular weight is 227 g/mol. The largest absolute Gasteiger partial charge is 0.481 e. The zero-order chi connectivity index (χ0) is 11.8. The van der Waals surface area contributed by atoms with Gasteiger partial charge in [0.05, 0.1) is 0 Å². The number of carbonyl (C=O) groups is 2. The number of unbranched alkanes of at least 4 members (excludes halogenated alkanes) is 1. The first-order valence-corrected chi connectivity index (χ1v) is 6.20. The minimum Gasteiger partial charge on any atom is -0.481 e. The van der Waals surface area contributed by atoms with E-state index in [1.807, 2.05) is 4.90 Å². The maximum Gasteiger partial charge on any atom is 0.303 e. The Morgan fingerprint density at radius 3 is 2.06 bits per heavy atom. The fourth-order valence-electron chi connectivity index (χ4n) is 2.03. The molecule has 92 valence electrons. The van der Waals surface area contributed by atoms with Crippen molar-refractivity contribution in [2.75, 3.05) is 13.1 Å². The molecule has 0 bridgehead atoms. The van der Waals surface area contributed by atoms with Gasteiger partial charge in [0.15, 0.2) is 0 Å². The van der Waals surface area contributed by atoms with Crippen molar-refractivity contribution < 1.29 is 14.7 Å². The van der Waals surface area contributed by atoms with Crippen molar-refractivity contribution in [2.45, 2.75) is 51.4 Å². The zero-order valence-corrected chi connectivity index (χ0v) is 9.78. The number of rotatable bonds is 5. The lowest BCUT2D eigenvalue weighted by Crippen LogP contribution is -2.31. The van der Waals surface area contributed by atoms with E-state index < -0.39 is 5.97 Å². The number of hydrogen-bond donors (Lipinski definition) is 1. The summed E-state index contributed by atoms with van der Waals surface area (Å²) < 4.78 is 0. The second kappa shape index (κ2) is 7.25. The van der Waals surface area contributed by atoms with Crippen LogP contribution in [0.25, 0.3) is 0 Å². The lowest BCUT2D eigenvalue weighted by molar-refractivity contribution is -0.137. The molecule has 1 amide bonds. The van der Waals surface area contributed by atoms with E-state index in [0.29, 0.717) is 19.3 Å². The molecule has 0 aromatic carbocycles. The molecule has 0 atom stereocenters. The Morgan fingerprint density at radius 2 is 1.50 bits per heavy atom. The van der Waals surface area contributed by atoms with E-state index in [-0.39, 0.29) is 12.3 Å². The van der Waals surface area contributed by atoms with Crippen LogP contribution in [0.4, 0.5) is 0 Å². The highest BCUT2D eigenvalue weighted by molar-refractivity contribution is 5.76. The Balaban J connectivity index is 2.15. The lowest BCUT2D eigenvalue weighted by atomic mass is 10.2. The summed E-state index contributed by atoms with van der Waals surface area (Å²) in [5.41, 5.74) is 0. The third kappa shape index (κ3) is 5.14. The Hall–Kier alpha value is -1.06. The number of carboxylic acid groups (broad SMARTS) is 1. The molecule has 1 N–H and O–H groups in total. The van der Waals surface area contributed by atoms with Crippen molar-refractivity contribution in [2.24, 2.45) is 0 Å². The maximum absolute atomic E-state index is 11.8. The molecule has 0 radical (unpaired) electrons. The van der Waals surface area contributed by atoms with Crippen LogP contribution in [0.1, 0.15) is 51.4 Å².